The number of non-ortho nitro benzene ring substituents is 1. The molecule has 9 heteroatoms. The van der Waals surface area contributed by atoms with Crippen LogP contribution < -0.4 is 0 Å². The monoisotopic (exact) mass is 322 g/mol. The molecular weight excluding hydrogens is 312 g/mol. The Morgan fingerprint density at radius 2 is 2.00 bits per heavy atom. The van der Waals surface area contributed by atoms with Gasteiger partial charge in [0.05, 0.1) is 4.92 Å². The minimum atomic E-state index is -4.29. The summed E-state index contributed by atoms with van der Waals surface area (Å²) in [5, 5.41) is 14.1. The van der Waals surface area contributed by atoms with Gasteiger partial charge < -0.3 is 0 Å². The van der Waals surface area contributed by atoms with Gasteiger partial charge in [0.25, 0.3) is 5.69 Å². The largest absolute Gasteiger partial charge is 0.358 e. The van der Waals surface area contributed by atoms with Crippen LogP contribution in [-0.2, 0) is 19.2 Å². The highest BCUT2D eigenvalue weighted by Crippen LogP contribution is 2.19. The van der Waals surface area contributed by atoms with E-state index in [1.165, 1.54) is 24.3 Å². The maximum Gasteiger partial charge on any atom is 0.358 e. The lowest BCUT2D eigenvalue weighted by molar-refractivity contribution is -0.385. The molecule has 1 aromatic rings. The Morgan fingerprint density at radius 1 is 1.27 bits per heavy atom. The Balaban J connectivity index is 2.26. The molecule has 0 heterocycles. The van der Waals surface area contributed by atoms with Crippen molar-refractivity contribution in [3.63, 3.8) is 0 Å². The highest BCUT2D eigenvalue weighted by atomic mass is 32.2. The van der Waals surface area contributed by atoms with Crippen molar-refractivity contribution in [2.24, 2.45) is 5.16 Å². The lowest BCUT2D eigenvalue weighted by atomic mass is 10.1. The number of oxime groups is 1. The average Bonchev–Trinajstić information content (AvgIpc) is 2.48. The van der Waals surface area contributed by atoms with Crippen molar-refractivity contribution < 1.29 is 22.4 Å². The molecule has 2 rings (SSSR count). The van der Waals surface area contributed by atoms with E-state index < -0.39 is 15.0 Å². The van der Waals surface area contributed by atoms with Crippen LogP contribution in [0.5, 0.6) is 0 Å². The van der Waals surface area contributed by atoms with E-state index in [-0.39, 0.29) is 22.1 Å². The zero-order valence-corrected chi connectivity index (χ0v) is 12.1. The van der Waals surface area contributed by atoms with E-state index in [4.69, 9.17) is 0 Å². The molecule has 0 atom stereocenters. The number of allylic oxidation sites excluding steroid dienone is 4. The molecular formula is C13H10N2O6S. The number of hydrogen-bond acceptors (Lipinski definition) is 7. The smallest absolute Gasteiger partial charge is 0.290 e. The van der Waals surface area contributed by atoms with Crippen LogP contribution in [0.15, 0.2) is 58.1 Å². The van der Waals surface area contributed by atoms with Crippen LogP contribution >= 0.6 is 0 Å². The molecule has 0 saturated heterocycles. The molecule has 1 aliphatic carbocycles. The van der Waals surface area contributed by atoms with Crippen LogP contribution in [0.4, 0.5) is 5.69 Å². The van der Waals surface area contributed by atoms with Crippen LogP contribution in [0.3, 0.4) is 0 Å². The van der Waals surface area contributed by atoms with Gasteiger partial charge in [0.15, 0.2) is 5.78 Å². The molecule has 0 fully saturated rings. The zero-order valence-electron chi connectivity index (χ0n) is 11.3. The van der Waals surface area contributed by atoms with Crippen LogP contribution in [0.25, 0.3) is 0 Å². The molecule has 0 aliphatic heterocycles. The van der Waals surface area contributed by atoms with Gasteiger partial charge in [0, 0.05) is 12.1 Å². The lowest BCUT2D eigenvalue weighted by Gasteiger charge is -2.04. The second kappa shape index (κ2) is 5.90. The van der Waals surface area contributed by atoms with Crippen molar-refractivity contribution in [2.45, 2.75) is 11.8 Å². The molecule has 0 saturated carbocycles. The third-order valence-corrected chi connectivity index (χ3v) is 3.82. The molecule has 1 aromatic carbocycles. The number of nitrogens with zero attached hydrogens (tertiary/aromatic N) is 2. The molecule has 0 amide bonds. The van der Waals surface area contributed by atoms with E-state index in [0.29, 0.717) is 5.57 Å². The summed E-state index contributed by atoms with van der Waals surface area (Å²) in [5.41, 5.74) is 0.153. The van der Waals surface area contributed by atoms with E-state index in [9.17, 15) is 23.3 Å². The molecule has 1 aliphatic rings. The number of carbonyl (C=O) groups excluding carboxylic acids is 1. The second-order valence-electron chi connectivity index (χ2n) is 4.32. The molecule has 8 nitrogen and oxygen atoms in total. The van der Waals surface area contributed by atoms with Gasteiger partial charge in [0.2, 0.25) is 0 Å². The predicted molar refractivity (Wildman–Crippen MR) is 76.7 cm³/mol. The number of nitro groups is 1. The summed E-state index contributed by atoms with van der Waals surface area (Å²) in [7, 11) is -4.29. The van der Waals surface area contributed by atoms with Crippen LogP contribution in [0.2, 0.25) is 0 Å². The SMILES string of the molecule is CC1=C/C(=N\OS(=O)(=O)c2cccc([N+](=O)[O-])c2)C=CC1=O. The van der Waals surface area contributed by atoms with Crippen molar-refractivity contribution in [3.05, 3.63) is 58.2 Å². The molecule has 0 unspecified atom stereocenters. The molecule has 0 bridgehead atoms. The van der Waals surface area contributed by atoms with Gasteiger partial charge >= 0.3 is 10.1 Å². The molecule has 0 spiro atoms. The minimum Gasteiger partial charge on any atom is -0.290 e. The Kier molecular flexibility index (Phi) is 4.18. The molecule has 114 valence electrons. The normalized spacial score (nSPS) is 16.5. The molecule has 22 heavy (non-hydrogen) atoms. The van der Waals surface area contributed by atoms with E-state index >= 15 is 0 Å². The van der Waals surface area contributed by atoms with Gasteiger partial charge in [-0.15, -0.1) is 0 Å². The fraction of sp³-hybridized carbons (Fsp3) is 0.0769. The van der Waals surface area contributed by atoms with E-state index in [2.05, 4.69) is 9.44 Å². The Hall–Kier alpha value is -2.81. The maximum absolute atomic E-state index is 11.9. The molecule has 0 aromatic heterocycles. The van der Waals surface area contributed by atoms with Crippen LogP contribution in [0.1, 0.15) is 6.92 Å². The van der Waals surface area contributed by atoms with Crippen LogP contribution in [-0.4, -0.2) is 24.8 Å². The number of rotatable bonds is 4. The third kappa shape index (κ3) is 3.44. The highest BCUT2D eigenvalue weighted by Gasteiger charge is 2.19. The van der Waals surface area contributed by atoms with E-state index in [1.54, 1.807) is 6.92 Å². The zero-order chi connectivity index (χ0) is 16.3. The van der Waals surface area contributed by atoms with Gasteiger partial charge in [0.1, 0.15) is 10.6 Å². The standard InChI is InChI=1S/C13H10N2O6S/c1-9-7-10(5-6-13(9)16)14-21-22(19,20)12-4-2-3-11(8-12)15(17)18/h2-8H,1H3/b14-10-. The fourth-order valence-electron chi connectivity index (χ4n) is 1.58. The Bertz CT molecular complexity index is 836. The average molecular weight is 322 g/mol. The summed E-state index contributed by atoms with van der Waals surface area (Å²) in [6.45, 7) is 1.55. The Labute approximate surface area is 125 Å². The highest BCUT2D eigenvalue weighted by molar-refractivity contribution is 7.86. The van der Waals surface area contributed by atoms with Gasteiger partial charge in [-0.2, -0.15) is 8.42 Å². The fourth-order valence-corrected chi connectivity index (χ4v) is 2.36. The quantitative estimate of drug-likeness (QED) is 0.473. The van der Waals surface area contributed by atoms with Gasteiger partial charge in [-0.3, -0.25) is 19.2 Å². The van der Waals surface area contributed by atoms with Gasteiger partial charge in [-0.25, -0.2) is 0 Å². The summed E-state index contributed by atoms with van der Waals surface area (Å²) in [6.07, 6.45) is 3.90. The summed E-state index contributed by atoms with van der Waals surface area (Å²) in [6, 6.07) is 4.41. The van der Waals surface area contributed by atoms with Gasteiger partial charge in [-0.1, -0.05) is 11.2 Å². The number of hydrogen-bond donors (Lipinski definition) is 0. The molecule has 0 radical (unpaired) electrons. The van der Waals surface area contributed by atoms with Crippen molar-refractivity contribution in [1.29, 1.82) is 0 Å². The van der Waals surface area contributed by atoms with Crippen molar-refractivity contribution in [1.82, 2.24) is 0 Å². The maximum atomic E-state index is 11.9. The van der Waals surface area contributed by atoms with Crippen LogP contribution in [0, 0.1) is 10.1 Å². The van der Waals surface area contributed by atoms with E-state index in [0.717, 1.165) is 18.2 Å². The van der Waals surface area contributed by atoms with Gasteiger partial charge in [-0.05, 0) is 36.8 Å². The first-order chi connectivity index (χ1) is 10.3. The first kappa shape index (κ1) is 15.6. The first-order valence-electron chi connectivity index (χ1n) is 5.96. The molecule has 0 N–H and O–H groups in total. The van der Waals surface area contributed by atoms with Crippen molar-refractivity contribution in [2.75, 3.05) is 0 Å². The minimum absolute atomic E-state index is 0.145. The summed E-state index contributed by atoms with van der Waals surface area (Å²) in [5.74, 6) is -0.208. The third-order valence-electron chi connectivity index (χ3n) is 2.72. The number of ketones is 1. The second-order valence-corrected chi connectivity index (χ2v) is 5.85. The van der Waals surface area contributed by atoms with E-state index in [1.807, 2.05) is 0 Å². The number of benzene rings is 1. The Morgan fingerprint density at radius 3 is 2.64 bits per heavy atom. The topological polar surface area (TPSA) is 116 Å². The van der Waals surface area contributed by atoms with Crippen molar-refractivity contribution >= 4 is 27.3 Å². The predicted octanol–water partition coefficient (Wildman–Crippen LogP) is 1.74. The first-order valence-corrected chi connectivity index (χ1v) is 7.37. The summed E-state index contributed by atoms with van der Waals surface area (Å²) in [4.78, 5) is 20.8. The van der Waals surface area contributed by atoms with Crippen molar-refractivity contribution in [3.8, 4) is 0 Å². The summed E-state index contributed by atoms with van der Waals surface area (Å²) >= 11 is 0. The number of carbonyl (C=O) groups is 1. The summed E-state index contributed by atoms with van der Waals surface area (Å²) < 4.78 is 28.4. The number of nitro benzene ring substituents is 1. The lowest BCUT2D eigenvalue weighted by Crippen LogP contribution is -2.08.